The van der Waals surface area contributed by atoms with E-state index >= 15 is 0 Å². The van der Waals surface area contributed by atoms with Crippen LogP contribution in [0.25, 0.3) is 17.1 Å². The number of aromatic nitrogens is 3. The van der Waals surface area contributed by atoms with Crippen LogP contribution in [0.4, 0.5) is 0 Å². The van der Waals surface area contributed by atoms with Crippen LogP contribution >= 0.6 is 0 Å². The van der Waals surface area contributed by atoms with Crippen molar-refractivity contribution in [1.82, 2.24) is 20.1 Å². The van der Waals surface area contributed by atoms with Gasteiger partial charge in [-0.25, -0.2) is 9.67 Å². The lowest BCUT2D eigenvalue weighted by molar-refractivity contribution is 0.0938. The standard InChI is InChI=1S/C20H22N4O/c1-14(2)13-21-20(25)18-22-19(16-9-5-4-6-10-16)24(23-18)17-11-7-8-15(3)12-17/h4-12,14H,13H2,1-3H3,(H,21,25). The summed E-state index contributed by atoms with van der Waals surface area (Å²) in [7, 11) is 0. The predicted octanol–water partition coefficient (Wildman–Crippen LogP) is 3.63. The number of amides is 1. The van der Waals surface area contributed by atoms with Crippen LogP contribution in [0, 0.1) is 12.8 Å². The topological polar surface area (TPSA) is 59.8 Å². The van der Waals surface area contributed by atoms with Gasteiger partial charge in [-0.15, -0.1) is 5.10 Å². The van der Waals surface area contributed by atoms with Crippen molar-refractivity contribution < 1.29 is 4.79 Å². The van der Waals surface area contributed by atoms with Crippen LogP contribution in [0.15, 0.2) is 54.6 Å². The molecule has 5 nitrogen and oxygen atoms in total. The molecule has 2 aromatic carbocycles. The number of aryl methyl sites for hydroxylation is 1. The van der Waals surface area contributed by atoms with Gasteiger partial charge in [0.2, 0.25) is 5.82 Å². The van der Waals surface area contributed by atoms with E-state index in [-0.39, 0.29) is 11.7 Å². The molecule has 0 atom stereocenters. The lowest BCUT2D eigenvalue weighted by atomic mass is 10.2. The highest BCUT2D eigenvalue weighted by molar-refractivity contribution is 5.91. The Bertz CT molecular complexity index is 868. The summed E-state index contributed by atoms with van der Waals surface area (Å²) < 4.78 is 1.73. The minimum Gasteiger partial charge on any atom is -0.349 e. The first-order valence-electron chi connectivity index (χ1n) is 8.42. The molecular weight excluding hydrogens is 312 g/mol. The van der Waals surface area contributed by atoms with Crippen LogP contribution in [0.5, 0.6) is 0 Å². The van der Waals surface area contributed by atoms with Crippen LogP contribution in [0.2, 0.25) is 0 Å². The van der Waals surface area contributed by atoms with Gasteiger partial charge in [-0.1, -0.05) is 56.3 Å². The summed E-state index contributed by atoms with van der Waals surface area (Å²) in [6.07, 6.45) is 0. The summed E-state index contributed by atoms with van der Waals surface area (Å²) in [6.45, 7) is 6.72. The number of rotatable bonds is 5. The normalized spacial score (nSPS) is 10.9. The van der Waals surface area contributed by atoms with Gasteiger partial charge in [-0.2, -0.15) is 0 Å². The van der Waals surface area contributed by atoms with Crippen molar-refractivity contribution in [2.45, 2.75) is 20.8 Å². The molecule has 0 aliphatic rings. The van der Waals surface area contributed by atoms with E-state index in [0.29, 0.717) is 18.3 Å². The van der Waals surface area contributed by atoms with Crippen molar-refractivity contribution in [3.8, 4) is 17.1 Å². The molecule has 0 saturated heterocycles. The largest absolute Gasteiger partial charge is 0.349 e. The zero-order valence-corrected chi connectivity index (χ0v) is 14.7. The molecule has 0 radical (unpaired) electrons. The molecule has 0 aliphatic carbocycles. The number of nitrogens with one attached hydrogen (secondary N) is 1. The van der Waals surface area contributed by atoms with Crippen LogP contribution in [0.1, 0.15) is 30.0 Å². The molecule has 25 heavy (non-hydrogen) atoms. The van der Waals surface area contributed by atoms with E-state index in [4.69, 9.17) is 0 Å². The quantitative estimate of drug-likeness (QED) is 0.775. The Balaban J connectivity index is 2.04. The highest BCUT2D eigenvalue weighted by Crippen LogP contribution is 2.21. The lowest BCUT2D eigenvalue weighted by Crippen LogP contribution is -2.28. The van der Waals surface area contributed by atoms with E-state index in [1.807, 2.05) is 61.5 Å². The summed E-state index contributed by atoms with van der Waals surface area (Å²) >= 11 is 0. The van der Waals surface area contributed by atoms with Crippen molar-refractivity contribution in [3.05, 3.63) is 66.0 Å². The Hall–Kier alpha value is -2.95. The van der Waals surface area contributed by atoms with Crippen molar-refractivity contribution >= 4 is 5.91 Å². The first-order chi connectivity index (χ1) is 12.0. The summed E-state index contributed by atoms with van der Waals surface area (Å²) in [5.74, 6) is 0.954. The van der Waals surface area contributed by atoms with Gasteiger partial charge < -0.3 is 5.32 Å². The van der Waals surface area contributed by atoms with Gasteiger partial charge >= 0.3 is 0 Å². The highest BCUT2D eigenvalue weighted by Gasteiger charge is 2.18. The zero-order chi connectivity index (χ0) is 17.8. The second kappa shape index (κ2) is 7.30. The maximum Gasteiger partial charge on any atom is 0.291 e. The minimum absolute atomic E-state index is 0.181. The van der Waals surface area contributed by atoms with Gasteiger partial charge in [-0.3, -0.25) is 4.79 Å². The number of carbonyl (C=O) groups is 1. The molecule has 3 rings (SSSR count). The van der Waals surface area contributed by atoms with Gasteiger partial charge in [0.05, 0.1) is 5.69 Å². The van der Waals surface area contributed by atoms with Gasteiger partial charge in [0.1, 0.15) is 0 Å². The summed E-state index contributed by atoms with van der Waals surface area (Å²) in [5, 5.41) is 7.35. The lowest BCUT2D eigenvalue weighted by Gasteiger charge is -2.06. The predicted molar refractivity (Wildman–Crippen MR) is 98.7 cm³/mol. The summed E-state index contributed by atoms with van der Waals surface area (Å²) in [4.78, 5) is 16.9. The molecule has 1 heterocycles. The minimum atomic E-state index is -0.253. The SMILES string of the molecule is Cc1cccc(-n2nc(C(=O)NCC(C)C)nc2-c2ccccc2)c1. The molecule has 0 spiro atoms. The third-order valence-corrected chi connectivity index (χ3v) is 3.76. The fraction of sp³-hybridized carbons (Fsp3) is 0.250. The Morgan fingerprint density at radius 1 is 1.12 bits per heavy atom. The second-order valence-corrected chi connectivity index (χ2v) is 6.48. The first-order valence-corrected chi connectivity index (χ1v) is 8.42. The van der Waals surface area contributed by atoms with E-state index in [2.05, 4.69) is 29.2 Å². The molecule has 0 unspecified atom stereocenters. The Labute approximate surface area is 147 Å². The third-order valence-electron chi connectivity index (χ3n) is 3.76. The van der Waals surface area contributed by atoms with Crippen molar-refractivity contribution in [2.24, 2.45) is 5.92 Å². The fourth-order valence-corrected chi connectivity index (χ4v) is 2.50. The maximum absolute atomic E-state index is 12.4. The van der Waals surface area contributed by atoms with Gasteiger partial charge in [0, 0.05) is 12.1 Å². The molecule has 5 heteroatoms. The summed E-state index contributed by atoms with van der Waals surface area (Å²) in [5.41, 5.74) is 2.92. The Kier molecular flexibility index (Phi) is 4.93. The molecule has 3 aromatic rings. The molecular formula is C20H22N4O. The molecule has 128 valence electrons. The van der Waals surface area contributed by atoms with E-state index in [9.17, 15) is 4.79 Å². The Morgan fingerprint density at radius 3 is 2.56 bits per heavy atom. The van der Waals surface area contributed by atoms with E-state index in [1.165, 1.54) is 0 Å². The monoisotopic (exact) mass is 334 g/mol. The average molecular weight is 334 g/mol. The molecule has 1 amide bonds. The van der Waals surface area contributed by atoms with Crippen molar-refractivity contribution in [1.29, 1.82) is 0 Å². The third kappa shape index (κ3) is 3.94. The van der Waals surface area contributed by atoms with Crippen LogP contribution in [0.3, 0.4) is 0 Å². The fourth-order valence-electron chi connectivity index (χ4n) is 2.50. The van der Waals surface area contributed by atoms with Crippen molar-refractivity contribution in [3.63, 3.8) is 0 Å². The number of carbonyl (C=O) groups excluding carboxylic acids is 1. The molecule has 1 N–H and O–H groups in total. The highest BCUT2D eigenvalue weighted by atomic mass is 16.2. The number of benzene rings is 2. The molecule has 0 fully saturated rings. The zero-order valence-electron chi connectivity index (χ0n) is 14.7. The number of hydrogen-bond acceptors (Lipinski definition) is 3. The second-order valence-electron chi connectivity index (χ2n) is 6.48. The number of nitrogens with zero attached hydrogens (tertiary/aromatic N) is 3. The van der Waals surface area contributed by atoms with Gasteiger partial charge in [0.25, 0.3) is 5.91 Å². The summed E-state index contributed by atoms with van der Waals surface area (Å²) in [6, 6.07) is 17.8. The number of hydrogen-bond donors (Lipinski definition) is 1. The van der Waals surface area contributed by atoms with Crippen LogP contribution in [-0.4, -0.2) is 27.2 Å². The smallest absolute Gasteiger partial charge is 0.291 e. The maximum atomic E-state index is 12.4. The van der Waals surface area contributed by atoms with E-state index < -0.39 is 0 Å². The van der Waals surface area contributed by atoms with Crippen LogP contribution in [-0.2, 0) is 0 Å². The van der Waals surface area contributed by atoms with Crippen molar-refractivity contribution in [2.75, 3.05) is 6.54 Å². The van der Waals surface area contributed by atoms with Crippen LogP contribution < -0.4 is 5.32 Å². The van der Waals surface area contributed by atoms with Gasteiger partial charge in [0.15, 0.2) is 5.82 Å². The molecule has 0 bridgehead atoms. The first kappa shape index (κ1) is 16.9. The molecule has 1 aromatic heterocycles. The van der Waals surface area contributed by atoms with Gasteiger partial charge in [-0.05, 0) is 30.5 Å². The molecule has 0 aliphatic heterocycles. The van der Waals surface area contributed by atoms with E-state index in [1.54, 1.807) is 4.68 Å². The Morgan fingerprint density at radius 2 is 1.88 bits per heavy atom. The van der Waals surface area contributed by atoms with E-state index in [0.717, 1.165) is 16.8 Å². The average Bonchev–Trinajstić information content (AvgIpc) is 3.06. The molecule has 0 saturated carbocycles.